The Kier molecular flexibility index (Phi) is 7.50. The minimum absolute atomic E-state index is 0.0363. The lowest BCUT2D eigenvalue weighted by atomic mass is 9.99. The number of carbonyl (C=O) groups excluding carboxylic acids is 1. The van der Waals surface area contributed by atoms with Gasteiger partial charge in [-0.3, -0.25) is 14.9 Å². The van der Waals surface area contributed by atoms with E-state index in [-0.39, 0.29) is 16.4 Å². The van der Waals surface area contributed by atoms with Gasteiger partial charge in [-0.25, -0.2) is 8.42 Å². The molecule has 1 fully saturated rings. The van der Waals surface area contributed by atoms with Crippen molar-refractivity contribution in [2.45, 2.75) is 23.6 Å². The third kappa shape index (κ3) is 5.09. The quantitative estimate of drug-likeness (QED) is 0.331. The number of carbonyl (C=O) groups is 1. The van der Waals surface area contributed by atoms with Crippen molar-refractivity contribution in [3.8, 4) is 0 Å². The summed E-state index contributed by atoms with van der Waals surface area (Å²) in [5, 5.41) is 11.2. The normalized spacial score (nSPS) is 17.9. The van der Waals surface area contributed by atoms with Gasteiger partial charge in [0.2, 0.25) is 0 Å². The number of sulfonamides is 1. The molecule has 0 radical (unpaired) electrons. The summed E-state index contributed by atoms with van der Waals surface area (Å²) < 4.78 is 35.4. The third-order valence-electron chi connectivity index (χ3n) is 5.48. The summed E-state index contributed by atoms with van der Waals surface area (Å²) in [5.41, 5.74) is 0.529. The molecule has 1 aliphatic rings. The minimum atomic E-state index is -3.74. The van der Waals surface area contributed by atoms with E-state index in [0.717, 1.165) is 16.0 Å². The van der Waals surface area contributed by atoms with Gasteiger partial charge in [-0.2, -0.15) is 9.30 Å². The first kappa shape index (κ1) is 24.9. The number of rotatable bonds is 7. The van der Waals surface area contributed by atoms with Crippen molar-refractivity contribution < 1.29 is 22.9 Å². The van der Waals surface area contributed by atoms with Crippen molar-refractivity contribution in [3.05, 3.63) is 49.6 Å². The molecule has 4 rings (SSSR count). The largest absolute Gasteiger partial charge is 0.383 e. The number of hydrogen-bond acceptors (Lipinski definition) is 8. The second-order valence-electron chi connectivity index (χ2n) is 7.65. The number of non-ortho nitro benzene ring substituents is 1. The highest BCUT2D eigenvalue weighted by molar-refractivity contribution is 7.91. The highest BCUT2D eigenvalue weighted by atomic mass is 35.5. The molecule has 1 aliphatic heterocycles. The molecule has 0 aliphatic carbocycles. The molecule has 3 aromatic rings. The fraction of sp³-hybridized carbons (Fsp3) is 0.400. The number of piperidine rings is 1. The molecule has 1 amide bonds. The van der Waals surface area contributed by atoms with Crippen LogP contribution in [-0.2, 0) is 26.1 Å². The first-order chi connectivity index (χ1) is 16.2. The number of nitro groups is 1. The third-order valence-corrected chi connectivity index (χ3v) is 10.1. The molecule has 3 heterocycles. The minimum Gasteiger partial charge on any atom is -0.383 e. The molecule has 0 saturated carbocycles. The van der Waals surface area contributed by atoms with Gasteiger partial charge in [0.25, 0.3) is 21.6 Å². The number of amides is 1. The second-order valence-corrected chi connectivity index (χ2v) is 12.5. The van der Waals surface area contributed by atoms with E-state index in [1.165, 1.54) is 47.0 Å². The molecular weight excluding hydrogens is 524 g/mol. The number of halogens is 1. The molecule has 1 aromatic carbocycles. The number of nitrogens with zero attached hydrogens (tertiary/aromatic N) is 4. The number of ether oxygens (including phenoxy) is 1. The van der Waals surface area contributed by atoms with Crippen molar-refractivity contribution in [1.82, 2.24) is 8.87 Å². The first-order valence-corrected chi connectivity index (χ1v) is 13.8. The van der Waals surface area contributed by atoms with E-state index in [0.29, 0.717) is 47.2 Å². The number of thiophene rings is 1. The number of nitro benzene ring substituents is 1. The number of benzene rings is 1. The molecule has 182 valence electrons. The van der Waals surface area contributed by atoms with Crippen LogP contribution in [-0.4, -0.2) is 54.9 Å². The fourth-order valence-electron chi connectivity index (χ4n) is 3.77. The Labute approximate surface area is 208 Å². The maximum absolute atomic E-state index is 13.1. The lowest BCUT2D eigenvalue weighted by molar-refractivity contribution is -0.384. The van der Waals surface area contributed by atoms with Crippen LogP contribution in [0.1, 0.15) is 12.8 Å². The number of aromatic nitrogens is 1. The zero-order chi connectivity index (χ0) is 24.5. The van der Waals surface area contributed by atoms with Crippen LogP contribution in [0.4, 0.5) is 5.69 Å². The zero-order valence-corrected chi connectivity index (χ0v) is 21.3. The molecule has 0 N–H and O–H groups in total. The van der Waals surface area contributed by atoms with Gasteiger partial charge in [0.05, 0.1) is 32.0 Å². The Bertz CT molecular complexity index is 1410. The van der Waals surface area contributed by atoms with Gasteiger partial charge in [-0.05, 0) is 31.0 Å². The molecule has 1 unspecified atom stereocenters. The van der Waals surface area contributed by atoms with E-state index in [9.17, 15) is 23.3 Å². The number of fused-ring (bicyclic) bond motifs is 1. The van der Waals surface area contributed by atoms with E-state index < -0.39 is 26.8 Å². The summed E-state index contributed by atoms with van der Waals surface area (Å²) in [6.45, 7) is 1.04. The van der Waals surface area contributed by atoms with Crippen molar-refractivity contribution in [1.29, 1.82) is 0 Å². The predicted octanol–water partition coefficient (Wildman–Crippen LogP) is 3.50. The van der Waals surface area contributed by atoms with Crippen LogP contribution in [0.15, 0.2) is 39.5 Å². The van der Waals surface area contributed by atoms with E-state index >= 15 is 0 Å². The number of hydrogen-bond donors (Lipinski definition) is 0. The molecular formula is C20H21ClN4O6S3. The van der Waals surface area contributed by atoms with Crippen LogP contribution in [0.3, 0.4) is 0 Å². The van der Waals surface area contributed by atoms with Crippen LogP contribution in [0, 0.1) is 16.0 Å². The van der Waals surface area contributed by atoms with Gasteiger partial charge in [0.1, 0.15) is 4.21 Å². The molecule has 1 saturated heterocycles. The maximum Gasteiger partial charge on any atom is 0.271 e. The van der Waals surface area contributed by atoms with Gasteiger partial charge in [0.15, 0.2) is 4.80 Å². The average molecular weight is 545 g/mol. The van der Waals surface area contributed by atoms with Crippen LogP contribution in [0.25, 0.3) is 10.2 Å². The molecule has 0 spiro atoms. The second kappa shape index (κ2) is 10.2. The highest BCUT2D eigenvalue weighted by Crippen LogP contribution is 2.31. The van der Waals surface area contributed by atoms with E-state index in [4.69, 9.17) is 16.3 Å². The number of thiazole rings is 1. The van der Waals surface area contributed by atoms with Gasteiger partial charge >= 0.3 is 0 Å². The summed E-state index contributed by atoms with van der Waals surface area (Å²) >= 11 is 8.13. The molecule has 0 bridgehead atoms. The zero-order valence-electron chi connectivity index (χ0n) is 18.0. The SMILES string of the molecule is COCCn1c(=NC(=O)C2CCCN(S(=O)(=O)c3ccc(Cl)s3)C2)sc2ccc([N+](=O)[O-])cc21. The standard InChI is InChI=1S/C20H21ClN4O6S3/c1-31-10-9-24-15-11-14(25(27)28)4-5-16(15)32-20(24)22-19(26)13-3-2-8-23(12-13)34(29,30)18-7-6-17(21)33-18/h4-7,11,13H,2-3,8-10,12H2,1H3. The summed E-state index contributed by atoms with van der Waals surface area (Å²) in [5.74, 6) is -1.01. The Morgan fingerprint density at radius 1 is 1.32 bits per heavy atom. The lowest BCUT2D eigenvalue weighted by Crippen LogP contribution is -2.42. The van der Waals surface area contributed by atoms with Crippen molar-refractivity contribution in [2.24, 2.45) is 10.9 Å². The van der Waals surface area contributed by atoms with Crippen LogP contribution in [0.5, 0.6) is 0 Å². The fourth-order valence-corrected chi connectivity index (χ4v) is 7.97. The predicted molar refractivity (Wildman–Crippen MR) is 130 cm³/mol. The summed E-state index contributed by atoms with van der Waals surface area (Å²) in [6.07, 6.45) is 1.06. The summed E-state index contributed by atoms with van der Waals surface area (Å²) in [6, 6.07) is 7.49. The molecule has 1 atom stereocenters. The Morgan fingerprint density at radius 2 is 2.12 bits per heavy atom. The topological polar surface area (TPSA) is 124 Å². The van der Waals surface area contributed by atoms with Crippen LogP contribution < -0.4 is 4.80 Å². The van der Waals surface area contributed by atoms with Gasteiger partial charge < -0.3 is 9.30 Å². The Hall–Kier alpha value is -2.16. The highest BCUT2D eigenvalue weighted by Gasteiger charge is 2.34. The molecule has 14 heteroatoms. The maximum atomic E-state index is 13.1. The Balaban J connectivity index is 1.65. The van der Waals surface area contributed by atoms with Crippen LogP contribution >= 0.6 is 34.3 Å². The smallest absolute Gasteiger partial charge is 0.271 e. The van der Waals surface area contributed by atoms with E-state index in [1.54, 1.807) is 10.6 Å². The van der Waals surface area contributed by atoms with Gasteiger partial charge in [0, 0.05) is 38.9 Å². The van der Waals surface area contributed by atoms with E-state index in [1.807, 2.05) is 0 Å². The van der Waals surface area contributed by atoms with Gasteiger partial charge in [-0.1, -0.05) is 22.9 Å². The summed E-state index contributed by atoms with van der Waals surface area (Å²) in [4.78, 5) is 28.6. The van der Waals surface area contributed by atoms with Crippen molar-refractivity contribution in [2.75, 3.05) is 26.8 Å². The summed E-state index contributed by atoms with van der Waals surface area (Å²) in [7, 11) is -2.20. The molecule has 34 heavy (non-hydrogen) atoms. The Morgan fingerprint density at radius 3 is 2.79 bits per heavy atom. The van der Waals surface area contributed by atoms with E-state index in [2.05, 4.69) is 4.99 Å². The molecule has 10 nitrogen and oxygen atoms in total. The van der Waals surface area contributed by atoms with Crippen molar-refractivity contribution >= 4 is 66.1 Å². The average Bonchev–Trinajstić information content (AvgIpc) is 3.40. The number of methoxy groups -OCH3 is 1. The monoisotopic (exact) mass is 544 g/mol. The van der Waals surface area contributed by atoms with Crippen molar-refractivity contribution in [3.63, 3.8) is 0 Å². The van der Waals surface area contributed by atoms with Gasteiger partial charge in [-0.15, -0.1) is 11.3 Å². The molecule has 2 aromatic heterocycles. The first-order valence-electron chi connectivity index (χ1n) is 10.3. The lowest BCUT2D eigenvalue weighted by Gasteiger charge is -2.29. The van der Waals surface area contributed by atoms with Crippen LogP contribution in [0.2, 0.25) is 4.34 Å².